The van der Waals surface area contributed by atoms with Gasteiger partial charge >= 0.3 is 5.97 Å². The first-order valence-corrected chi connectivity index (χ1v) is 6.36. The van der Waals surface area contributed by atoms with Gasteiger partial charge in [0.1, 0.15) is 6.04 Å². The van der Waals surface area contributed by atoms with Gasteiger partial charge in [-0.1, -0.05) is 13.3 Å². The summed E-state index contributed by atoms with van der Waals surface area (Å²) in [5, 5.41) is 14.8. The van der Waals surface area contributed by atoms with Gasteiger partial charge in [-0.15, -0.1) is 0 Å². The lowest BCUT2D eigenvalue weighted by Crippen LogP contribution is -2.42. The second-order valence-electron chi connectivity index (χ2n) is 4.64. The number of nitrogens with one attached hydrogen (secondary N) is 2. The summed E-state index contributed by atoms with van der Waals surface area (Å²) in [5.41, 5.74) is 0. The minimum Gasteiger partial charge on any atom is -0.480 e. The van der Waals surface area contributed by atoms with Crippen molar-refractivity contribution < 1.29 is 14.7 Å². The molecule has 1 aliphatic heterocycles. The van der Waals surface area contributed by atoms with Crippen molar-refractivity contribution in [3.05, 3.63) is 0 Å². The van der Waals surface area contributed by atoms with Crippen molar-refractivity contribution in [1.82, 2.24) is 10.6 Å². The fourth-order valence-electron chi connectivity index (χ4n) is 2.15. The van der Waals surface area contributed by atoms with Gasteiger partial charge in [0.05, 0.1) is 0 Å². The highest BCUT2D eigenvalue weighted by Crippen LogP contribution is 2.15. The molecule has 1 unspecified atom stereocenters. The number of carboxylic acids is 1. The van der Waals surface area contributed by atoms with Crippen LogP contribution in [0.25, 0.3) is 0 Å². The Morgan fingerprint density at radius 3 is 2.59 bits per heavy atom. The van der Waals surface area contributed by atoms with E-state index in [-0.39, 0.29) is 5.91 Å². The molecule has 0 saturated carbocycles. The number of carbonyl (C=O) groups is 2. The SMILES string of the molecule is CCCC(NC(=O)CC1CCNCC1)C(=O)O. The summed E-state index contributed by atoms with van der Waals surface area (Å²) in [4.78, 5) is 22.6. The minimum atomic E-state index is -0.939. The summed E-state index contributed by atoms with van der Waals surface area (Å²) in [5.74, 6) is -0.671. The van der Waals surface area contributed by atoms with Gasteiger partial charge in [-0.25, -0.2) is 4.79 Å². The van der Waals surface area contributed by atoms with Gasteiger partial charge in [-0.3, -0.25) is 4.79 Å². The Morgan fingerprint density at radius 2 is 2.06 bits per heavy atom. The van der Waals surface area contributed by atoms with Gasteiger partial charge in [0.2, 0.25) is 5.91 Å². The van der Waals surface area contributed by atoms with Crippen LogP contribution in [-0.2, 0) is 9.59 Å². The molecule has 1 amide bonds. The lowest BCUT2D eigenvalue weighted by molar-refractivity contribution is -0.142. The molecule has 0 bridgehead atoms. The van der Waals surface area contributed by atoms with Crippen molar-refractivity contribution in [3.8, 4) is 0 Å². The zero-order valence-electron chi connectivity index (χ0n) is 10.4. The maximum absolute atomic E-state index is 11.7. The molecule has 1 fully saturated rings. The van der Waals surface area contributed by atoms with Crippen molar-refractivity contribution in [1.29, 1.82) is 0 Å². The van der Waals surface area contributed by atoms with E-state index in [1.807, 2.05) is 6.92 Å². The van der Waals surface area contributed by atoms with Gasteiger partial charge in [0.25, 0.3) is 0 Å². The number of hydrogen-bond acceptors (Lipinski definition) is 3. The molecule has 1 atom stereocenters. The fraction of sp³-hybridized carbons (Fsp3) is 0.833. The van der Waals surface area contributed by atoms with Crippen LogP contribution in [0.4, 0.5) is 0 Å². The largest absolute Gasteiger partial charge is 0.480 e. The maximum Gasteiger partial charge on any atom is 0.326 e. The number of piperidine rings is 1. The summed E-state index contributed by atoms with van der Waals surface area (Å²) >= 11 is 0. The van der Waals surface area contributed by atoms with E-state index in [2.05, 4.69) is 10.6 Å². The fourth-order valence-corrected chi connectivity index (χ4v) is 2.15. The Hall–Kier alpha value is -1.10. The second kappa shape index (κ2) is 7.27. The van der Waals surface area contributed by atoms with E-state index >= 15 is 0 Å². The summed E-state index contributed by atoms with van der Waals surface area (Å²) in [6, 6.07) is -0.728. The van der Waals surface area contributed by atoms with Crippen LogP contribution >= 0.6 is 0 Å². The molecule has 1 saturated heterocycles. The average molecular weight is 242 g/mol. The number of amides is 1. The van der Waals surface area contributed by atoms with E-state index in [9.17, 15) is 9.59 Å². The van der Waals surface area contributed by atoms with E-state index in [4.69, 9.17) is 5.11 Å². The first-order valence-electron chi connectivity index (χ1n) is 6.36. The summed E-state index contributed by atoms with van der Waals surface area (Å²) in [6.07, 6.45) is 3.70. The third-order valence-electron chi connectivity index (χ3n) is 3.14. The Morgan fingerprint density at radius 1 is 1.41 bits per heavy atom. The summed E-state index contributed by atoms with van der Waals surface area (Å²) in [6.45, 7) is 3.82. The van der Waals surface area contributed by atoms with Crippen molar-refractivity contribution in [2.24, 2.45) is 5.92 Å². The molecule has 0 aromatic heterocycles. The van der Waals surface area contributed by atoms with Crippen LogP contribution in [0.1, 0.15) is 39.0 Å². The van der Waals surface area contributed by atoms with Gasteiger partial charge in [0, 0.05) is 6.42 Å². The van der Waals surface area contributed by atoms with Crippen LogP contribution in [0, 0.1) is 5.92 Å². The number of carboxylic acid groups (broad SMARTS) is 1. The van der Waals surface area contributed by atoms with Gasteiger partial charge < -0.3 is 15.7 Å². The topological polar surface area (TPSA) is 78.4 Å². The molecule has 17 heavy (non-hydrogen) atoms. The lowest BCUT2D eigenvalue weighted by atomic mass is 9.94. The highest BCUT2D eigenvalue weighted by molar-refractivity contribution is 5.83. The monoisotopic (exact) mass is 242 g/mol. The van der Waals surface area contributed by atoms with Crippen LogP contribution in [0.15, 0.2) is 0 Å². The molecule has 0 aromatic rings. The molecule has 1 aliphatic rings. The quantitative estimate of drug-likeness (QED) is 0.642. The summed E-state index contributed by atoms with van der Waals surface area (Å²) in [7, 11) is 0. The van der Waals surface area contributed by atoms with Crippen LogP contribution < -0.4 is 10.6 Å². The molecule has 0 aliphatic carbocycles. The van der Waals surface area contributed by atoms with E-state index in [1.54, 1.807) is 0 Å². The molecule has 0 spiro atoms. The molecule has 5 heteroatoms. The van der Waals surface area contributed by atoms with Gasteiger partial charge in [-0.05, 0) is 38.3 Å². The molecule has 98 valence electrons. The van der Waals surface area contributed by atoms with E-state index < -0.39 is 12.0 Å². The molecule has 5 nitrogen and oxygen atoms in total. The van der Waals surface area contributed by atoms with Crippen molar-refractivity contribution in [2.45, 2.75) is 45.1 Å². The van der Waals surface area contributed by atoms with Crippen LogP contribution in [0.2, 0.25) is 0 Å². The third-order valence-corrected chi connectivity index (χ3v) is 3.14. The van der Waals surface area contributed by atoms with Crippen LogP contribution in [-0.4, -0.2) is 36.1 Å². The predicted octanol–water partition coefficient (Wildman–Crippen LogP) is 0.746. The Balaban J connectivity index is 2.33. The molecule has 0 radical (unpaired) electrons. The van der Waals surface area contributed by atoms with Gasteiger partial charge in [-0.2, -0.15) is 0 Å². The van der Waals surface area contributed by atoms with Crippen molar-refractivity contribution in [2.75, 3.05) is 13.1 Å². The van der Waals surface area contributed by atoms with E-state index in [0.717, 1.165) is 32.4 Å². The smallest absolute Gasteiger partial charge is 0.326 e. The number of hydrogen-bond donors (Lipinski definition) is 3. The molecular formula is C12H22N2O3. The van der Waals surface area contributed by atoms with Gasteiger partial charge in [0.15, 0.2) is 0 Å². The van der Waals surface area contributed by atoms with E-state index in [1.165, 1.54) is 0 Å². The average Bonchev–Trinajstić information content (AvgIpc) is 2.29. The first-order chi connectivity index (χ1) is 8.13. The molecule has 1 heterocycles. The minimum absolute atomic E-state index is 0.127. The predicted molar refractivity (Wildman–Crippen MR) is 64.7 cm³/mol. The summed E-state index contributed by atoms with van der Waals surface area (Å²) < 4.78 is 0. The normalized spacial score (nSPS) is 18.6. The maximum atomic E-state index is 11.7. The molecule has 1 rings (SSSR count). The third kappa shape index (κ3) is 5.17. The van der Waals surface area contributed by atoms with Crippen molar-refractivity contribution in [3.63, 3.8) is 0 Å². The molecule has 0 aromatic carbocycles. The Kier molecular flexibility index (Phi) is 5.97. The zero-order valence-corrected chi connectivity index (χ0v) is 10.4. The molecule has 3 N–H and O–H groups in total. The van der Waals surface area contributed by atoms with Crippen LogP contribution in [0.5, 0.6) is 0 Å². The van der Waals surface area contributed by atoms with Crippen LogP contribution in [0.3, 0.4) is 0 Å². The number of rotatable bonds is 6. The first kappa shape index (κ1) is 14.0. The Bertz CT molecular complexity index is 262. The lowest BCUT2D eigenvalue weighted by Gasteiger charge is -2.22. The number of aliphatic carboxylic acids is 1. The standard InChI is InChI=1S/C12H22N2O3/c1-2-3-10(12(16)17)14-11(15)8-9-4-6-13-7-5-9/h9-10,13H,2-8H2,1H3,(H,14,15)(H,16,17). The highest BCUT2D eigenvalue weighted by Gasteiger charge is 2.21. The van der Waals surface area contributed by atoms with Crippen molar-refractivity contribution >= 4 is 11.9 Å². The van der Waals surface area contributed by atoms with E-state index in [0.29, 0.717) is 18.8 Å². The second-order valence-corrected chi connectivity index (χ2v) is 4.64. The molecular weight excluding hydrogens is 220 g/mol. The highest BCUT2D eigenvalue weighted by atomic mass is 16.4. The Labute approximate surface area is 102 Å². The zero-order chi connectivity index (χ0) is 12.7. The number of carbonyl (C=O) groups excluding carboxylic acids is 1.